The van der Waals surface area contributed by atoms with Crippen LogP contribution in [0.2, 0.25) is 0 Å². The van der Waals surface area contributed by atoms with Gasteiger partial charge in [0.1, 0.15) is 5.82 Å². The van der Waals surface area contributed by atoms with Crippen LogP contribution in [-0.4, -0.2) is 78.5 Å². The Balaban J connectivity index is 0.000000369. The summed E-state index contributed by atoms with van der Waals surface area (Å²) in [5.41, 5.74) is 16.9. The molecule has 624 valence electrons. The molecular weight excluding hydrogens is 2160 g/mol. The Labute approximate surface area is 1140 Å². The summed E-state index contributed by atoms with van der Waals surface area (Å²) >= 11 is 0. The van der Waals surface area contributed by atoms with Crippen LogP contribution < -0.4 is 465 Å². The summed E-state index contributed by atoms with van der Waals surface area (Å²) in [6.07, 6.45) is 15.6. The summed E-state index contributed by atoms with van der Waals surface area (Å²) in [7, 11) is 0. The van der Waals surface area contributed by atoms with Crippen LogP contribution in [0.1, 0.15) is 251 Å². The predicted molar refractivity (Wildman–Crippen MR) is 471 cm³/mol. The third-order valence-electron chi connectivity index (χ3n) is 25.3. The molecule has 13 atom stereocenters. The Kier molecular flexibility index (Phi) is 60.1. The van der Waals surface area contributed by atoms with E-state index >= 15 is 0 Å². The van der Waals surface area contributed by atoms with Gasteiger partial charge in [-0.1, -0.05) is 322 Å². The van der Waals surface area contributed by atoms with Crippen molar-refractivity contribution in [3.63, 3.8) is 0 Å². The first kappa shape index (κ1) is 124. The Bertz CT molecular complexity index is 4920. The third-order valence-corrected chi connectivity index (χ3v) is 25.3. The van der Waals surface area contributed by atoms with Gasteiger partial charge in [-0.25, -0.2) is 4.39 Å². The maximum Gasteiger partial charge on any atom is 1.00 e. The van der Waals surface area contributed by atoms with E-state index in [2.05, 4.69) is 101 Å². The number of carbonyl (C=O) groups excluding carboxylic acids is 8. The van der Waals surface area contributed by atoms with Crippen molar-refractivity contribution in [1.82, 2.24) is 0 Å². The molecule has 10 aliphatic rings. The molecule has 18 rings (SSSR count). The van der Waals surface area contributed by atoms with Crippen LogP contribution in [0.25, 0.3) is 53.7 Å². The topological polar surface area (TPSA) is 249 Å². The van der Waals surface area contributed by atoms with E-state index in [4.69, 9.17) is 0 Å². The van der Waals surface area contributed by atoms with Gasteiger partial charge in [-0.2, -0.15) is 0 Å². The van der Waals surface area contributed by atoms with Gasteiger partial charge in [0.25, 0.3) is 0 Å². The Morgan fingerprint density at radius 1 is 0.333 bits per heavy atom. The van der Waals surface area contributed by atoms with Crippen LogP contribution in [0, 0.1) is 41.3 Å². The number of carbonyl (C=O) groups is 8. The number of hydrogen-bond acceptors (Lipinski definition) is 8. The second-order valence-corrected chi connectivity index (χ2v) is 34.9. The summed E-state index contributed by atoms with van der Waals surface area (Å²) in [6.45, 7) is 27.8. The zero-order valence-electron chi connectivity index (χ0n) is 79.1. The molecule has 8 amide bonds. The average Bonchev–Trinajstić information content (AvgIpc) is 1.63. The second kappa shape index (κ2) is 61.0. The first-order valence-corrected chi connectivity index (χ1v) is 42.8. The van der Waals surface area contributed by atoms with Gasteiger partial charge in [0.2, 0.25) is 0 Å². The van der Waals surface area contributed by atoms with Crippen LogP contribution in [0.5, 0.6) is 0 Å². The van der Waals surface area contributed by atoms with Crippen LogP contribution in [0.3, 0.4) is 0 Å². The van der Waals surface area contributed by atoms with Gasteiger partial charge in [-0.15, -0.1) is 48.3 Å². The molecule has 3 fully saturated rings. The van der Waals surface area contributed by atoms with Gasteiger partial charge < -0.3 is 80.9 Å². The molecule has 2 saturated carbocycles. The fourth-order valence-electron chi connectivity index (χ4n) is 18.4. The summed E-state index contributed by atoms with van der Waals surface area (Å²) in [4.78, 5) is 93.4. The maximum absolute atomic E-state index is 12.9. The van der Waals surface area contributed by atoms with E-state index in [-0.39, 0.29) is 577 Å². The largest absolute Gasteiger partial charge is 1.00 e. The van der Waals surface area contributed by atoms with E-state index in [9.17, 15) is 42.7 Å². The van der Waals surface area contributed by atoms with E-state index in [0.717, 1.165) is 106 Å². The SMILES string of the molecule is CC1C(=O)[N-]C(C)(C)Cc2ccccc21.CC1C(=O)[N-]C2CCCCC2C2CCCCC12.CC1C(=O)[N-]CCc2cc(F)ccc21.CC1C(=O)[N-]CCc2ccccc21.CC1C(=O)[N-]c2ccccc2-c2ccccc21.CC1CC(C)(C)c2ccccc2[N-]C1=O.CC1CCc2ccccc2[N-]C1=O.CC1C[N-]C(=O)C(C)c2ccccc21.[Rb+].[Rb+].[Rb+].[Rb+].[Rb+].[Rb+].[Rb+].[Rb+]. The predicted octanol–water partition coefficient (Wildman–Crippen LogP) is 0.737. The Hall–Kier alpha value is 3.89. The molecular formula is C101H117FN8O8Rb8. The van der Waals surface area contributed by atoms with Crippen LogP contribution >= 0.6 is 0 Å². The number of halogens is 1. The smallest absolute Gasteiger partial charge is 0.653 e. The first-order valence-electron chi connectivity index (χ1n) is 42.8. The van der Waals surface area contributed by atoms with Crippen molar-refractivity contribution in [1.29, 1.82) is 0 Å². The molecule has 126 heavy (non-hydrogen) atoms. The fourth-order valence-corrected chi connectivity index (χ4v) is 18.4. The van der Waals surface area contributed by atoms with Gasteiger partial charge in [0.05, 0.1) is 47.3 Å². The number of nitrogens with zero attached hydrogens (tertiary/aromatic N) is 8. The quantitative estimate of drug-likeness (QED) is 0.209. The standard InChI is InChI=1S/C15H25NO.C15H13NO.2C13H17NO.C12H15NO.C11H12FNO.2C11H13NO.8Rb/c2*1-10-11-6-2-3-7-12(11)13-8-4-5-9-14(13)16-15(10)17;1-9-11-7-5-4-6-10(11)8-13(2,3)14-12(9)15;1-9-8-13(2,3)10-6-4-5-7-11(10)14-12(9)15;1-8-7-13-12(14)9(2)11-6-4-3-5-10(8)11;1-7-10-3-2-9(12)6-8(10)4-5-13-11(7)14;1-8-10-5-3-2-4-9(10)6-7-12-11(8)13;1-8-6-7-9-4-2-3-5-10(9)12-11(8)13;;;;;;;;/h10-14H,2-9H2,1H3,(H,16,17);2-10H,1H3,(H,16,17);2*4-7,9H,8H2,1-3H3,(H,14,15);3-6,8-9H,7H2,1-2H3,(H,13,14);2-3,6-7H,4-5H2,1H3,(H,13,14);2*2-5,8H,6-7H2,1H3,(H,12,13);;;;;;;;/q;;;;;;;;8*+1/p-8. The van der Waals surface area contributed by atoms with Crippen LogP contribution in [0.15, 0.2) is 188 Å². The zero-order valence-corrected chi connectivity index (χ0v) is 118. The molecule has 0 bridgehead atoms. The van der Waals surface area contributed by atoms with Crippen molar-refractivity contribution in [2.24, 2.45) is 35.5 Å². The molecule has 2 aliphatic carbocycles. The minimum Gasteiger partial charge on any atom is -0.653 e. The van der Waals surface area contributed by atoms with Crippen LogP contribution in [0.4, 0.5) is 21.5 Å². The summed E-state index contributed by atoms with van der Waals surface area (Å²) in [6, 6.07) is 61.0. The molecule has 8 aromatic carbocycles. The molecule has 25 heteroatoms. The van der Waals surface area contributed by atoms with E-state index < -0.39 is 0 Å². The van der Waals surface area contributed by atoms with Crippen molar-refractivity contribution in [2.75, 3.05) is 19.6 Å². The maximum atomic E-state index is 12.9. The average molecular weight is 2270 g/mol. The molecule has 16 nitrogen and oxygen atoms in total. The number of aryl methyl sites for hydroxylation is 1. The van der Waals surface area contributed by atoms with Crippen molar-refractivity contribution in [2.45, 2.75) is 232 Å². The minimum absolute atomic E-state index is 0. The molecule has 0 N–H and O–H groups in total. The number of benzene rings is 8. The van der Waals surface area contributed by atoms with Gasteiger partial charge in [-0.05, 0) is 160 Å². The van der Waals surface area contributed by atoms with Crippen molar-refractivity contribution < 1.29 is 508 Å². The molecule has 1 saturated heterocycles. The van der Waals surface area contributed by atoms with E-state index in [1.807, 2.05) is 202 Å². The fraction of sp³-hybridized carbons (Fsp3) is 0.446. The number of fused-ring (bicyclic) bond motifs is 12. The van der Waals surface area contributed by atoms with Crippen molar-refractivity contribution >= 4 is 64.3 Å². The van der Waals surface area contributed by atoms with Gasteiger partial charge in [-0.3, -0.25) is 0 Å². The van der Waals surface area contributed by atoms with Gasteiger partial charge in [0.15, 0.2) is 0 Å². The number of rotatable bonds is 0. The number of amides is 8. The minimum atomic E-state index is -0.266. The molecule has 8 aliphatic heterocycles. The summed E-state index contributed by atoms with van der Waals surface area (Å²) in [5.74, 6) is 2.10. The van der Waals surface area contributed by atoms with E-state index in [1.165, 1.54) is 91.3 Å². The van der Waals surface area contributed by atoms with Gasteiger partial charge in [0, 0.05) is 35.5 Å². The summed E-state index contributed by atoms with van der Waals surface area (Å²) in [5, 5.41) is 33.2. The Morgan fingerprint density at radius 2 is 0.770 bits per heavy atom. The van der Waals surface area contributed by atoms with Crippen LogP contribution in [-0.2, 0) is 69.5 Å². The molecule has 0 spiro atoms. The van der Waals surface area contributed by atoms with Gasteiger partial charge >= 0.3 is 465 Å². The molecule has 8 heterocycles. The number of para-hydroxylation sites is 3. The van der Waals surface area contributed by atoms with Crippen molar-refractivity contribution in [3.8, 4) is 11.1 Å². The third kappa shape index (κ3) is 34.9. The van der Waals surface area contributed by atoms with E-state index in [0.29, 0.717) is 43.9 Å². The molecule has 13 unspecified atom stereocenters. The van der Waals surface area contributed by atoms with E-state index in [1.54, 1.807) is 6.07 Å². The Morgan fingerprint density at radius 3 is 1.40 bits per heavy atom. The number of hydrogen-bond donors (Lipinski definition) is 0. The first-order chi connectivity index (χ1) is 56.5. The van der Waals surface area contributed by atoms with Crippen molar-refractivity contribution in [3.05, 3.63) is 298 Å². The molecule has 0 aromatic heterocycles. The molecule has 0 radical (unpaired) electrons. The monoisotopic (exact) mass is 2270 g/mol. The summed E-state index contributed by atoms with van der Waals surface area (Å²) < 4.78 is 12.9. The molecule has 8 aromatic rings. The normalized spacial score (nSPS) is 24.1. The zero-order chi connectivity index (χ0) is 84.5. The second-order valence-electron chi connectivity index (χ2n) is 34.9.